The molecule has 3 rings (SSSR count). The molecule has 3 atom stereocenters. The molecule has 7 heteroatoms. The summed E-state index contributed by atoms with van der Waals surface area (Å²) in [4.78, 5) is 37.7. The van der Waals surface area contributed by atoms with Gasteiger partial charge in [-0.15, -0.1) is 0 Å². The van der Waals surface area contributed by atoms with Gasteiger partial charge in [0.25, 0.3) is 0 Å². The summed E-state index contributed by atoms with van der Waals surface area (Å²) < 4.78 is 0. The zero-order valence-corrected chi connectivity index (χ0v) is 16.1. The van der Waals surface area contributed by atoms with E-state index in [0.29, 0.717) is 17.7 Å². The molecule has 152 valence electrons. The molecule has 0 aliphatic carbocycles. The predicted molar refractivity (Wildman–Crippen MR) is 107 cm³/mol. The van der Waals surface area contributed by atoms with E-state index in [0.717, 1.165) is 10.6 Å². The molecule has 0 aromatic heterocycles. The van der Waals surface area contributed by atoms with Crippen molar-refractivity contribution in [1.82, 2.24) is 0 Å². The molecule has 1 heterocycles. The van der Waals surface area contributed by atoms with Crippen LogP contribution in [0.3, 0.4) is 0 Å². The van der Waals surface area contributed by atoms with Crippen LogP contribution in [-0.4, -0.2) is 28.1 Å². The number of carbonyl (C=O) groups excluding carboxylic acids is 1. The van der Waals surface area contributed by atoms with Crippen LogP contribution in [0.2, 0.25) is 0 Å². The van der Waals surface area contributed by atoms with Crippen molar-refractivity contribution in [3.8, 4) is 0 Å². The van der Waals surface area contributed by atoms with E-state index >= 15 is 0 Å². The van der Waals surface area contributed by atoms with Crippen molar-refractivity contribution in [2.75, 3.05) is 5.01 Å². The molecular formula is C22H24N2O5. The van der Waals surface area contributed by atoms with Crippen LogP contribution >= 0.6 is 0 Å². The van der Waals surface area contributed by atoms with E-state index in [-0.39, 0.29) is 12.8 Å². The Labute approximate surface area is 168 Å². The maximum absolute atomic E-state index is 13.4. The summed E-state index contributed by atoms with van der Waals surface area (Å²) in [6, 6.07) is 16.2. The number of carboxylic acids is 2. The van der Waals surface area contributed by atoms with Gasteiger partial charge in [0.2, 0.25) is 5.91 Å². The number of hydrazine groups is 1. The maximum atomic E-state index is 13.4. The number of amides is 1. The van der Waals surface area contributed by atoms with Crippen molar-refractivity contribution in [1.29, 1.82) is 0 Å². The van der Waals surface area contributed by atoms with Gasteiger partial charge in [-0.25, -0.2) is 10.9 Å². The first-order chi connectivity index (χ1) is 13.8. The number of carbonyl (C=O) groups is 3. The monoisotopic (exact) mass is 396 g/mol. The zero-order chi connectivity index (χ0) is 21.2. The highest BCUT2D eigenvalue weighted by Gasteiger charge is 2.58. The van der Waals surface area contributed by atoms with E-state index in [1.807, 2.05) is 30.3 Å². The Morgan fingerprint density at radius 3 is 2.31 bits per heavy atom. The molecule has 0 fully saturated rings. The Morgan fingerprint density at radius 2 is 1.69 bits per heavy atom. The number of fused-ring (bicyclic) bond motifs is 1. The van der Waals surface area contributed by atoms with Crippen molar-refractivity contribution in [3.63, 3.8) is 0 Å². The Kier molecular flexibility index (Phi) is 5.70. The molecule has 0 bridgehead atoms. The SMILES string of the molecule is CC(C(=O)O)C1(C(CCc2ccccc2)C(=O)O)Cc2ccccc2N(N)C1=O. The Bertz CT molecular complexity index is 930. The van der Waals surface area contributed by atoms with E-state index in [4.69, 9.17) is 5.84 Å². The van der Waals surface area contributed by atoms with E-state index in [1.54, 1.807) is 24.3 Å². The quantitative estimate of drug-likeness (QED) is 0.488. The second-order valence-electron chi connectivity index (χ2n) is 7.50. The lowest BCUT2D eigenvalue weighted by atomic mass is 9.60. The van der Waals surface area contributed by atoms with Crippen LogP contribution in [0.25, 0.3) is 0 Å². The molecule has 29 heavy (non-hydrogen) atoms. The molecule has 0 saturated heterocycles. The van der Waals surface area contributed by atoms with Crippen molar-refractivity contribution < 1.29 is 24.6 Å². The summed E-state index contributed by atoms with van der Waals surface area (Å²) >= 11 is 0. The number of benzene rings is 2. The van der Waals surface area contributed by atoms with Gasteiger partial charge >= 0.3 is 11.9 Å². The highest BCUT2D eigenvalue weighted by Crippen LogP contribution is 2.48. The summed E-state index contributed by atoms with van der Waals surface area (Å²) in [5.74, 6) is 0.510. The number of para-hydroxylation sites is 1. The van der Waals surface area contributed by atoms with Crippen molar-refractivity contribution in [2.45, 2.75) is 26.2 Å². The molecule has 1 aliphatic rings. The van der Waals surface area contributed by atoms with Gasteiger partial charge < -0.3 is 10.2 Å². The molecule has 1 amide bonds. The van der Waals surface area contributed by atoms with Gasteiger partial charge in [-0.2, -0.15) is 0 Å². The van der Waals surface area contributed by atoms with Gasteiger partial charge in [-0.05, 0) is 36.5 Å². The fourth-order valence-corrected chi connectivity index (χ4v) is 4.31. The van der Waals surface area contributed by atoms with Crippen molar-refractivity contribution in [3.05, 3.63) is 65.7 Å². The van der Waals surface area contributed by atoms with Crippen LogP contribution < -0.4 is 10.9 Å². The second-order valence-corrected chi connectivity index (χ2v) is 7.50. The van der Waals surface area contributed by atoms with Crippen molar-refractivity contribution >= 4 is 23.5 Å². The number of nitrogens with two attached hydrogens (primary N) is 1. The smallest absolute Gasteiger partial charge is 0.307 e. The standard InChI is InChI=1S/C22H24N2O5/c1-14(19(25)26)22(13-16-9-5-6-10-18(16)24(23)21(22)29)17(20(27)28)12-11-15-7-3-2-4-8-15/h2-10,14,17H,11-13,23H2,1H3,(H,25,26)(H,27,28). The molecule has 0 radical (unpaired) electrons. The largest absolute Gasteiger partial charge is 0.481 e. The minimum atomic E-state index is -1.68. The molecular weight excluding hydrogens is 372 g/mol. The highest BCUT2D eigenvalue weighted by atomic mass is 16.4. The molecule has 3 unspecified atom stereocenters. The number of rotatable bonds is 7. The van der Waals surface area contributed by atoms with E-state index < -0.39 is 35.1 Å². The molecule has 7 nitrogen and oxygen atoms in total. The lowest BCUT2D eigenvalue weighted by molar-refractivity contribution is -0.163. The Hall–Kier alpha value is -3.19. The zero-order valence-electron chi connectivity index (χ0n) is 16.1. The van der Waals surface area contributed by atoms with Crippen molar-refractivity contribution in [2.24, 2.45) is 23.1 Å². The third-order valence-corrected chi connectivity index (χ3v) is 5.98. The van der Waals surface area contributed by atoms with E-state index in [1.165, 1.54) is 6.92 Å². The van der Waals surface area contributed by atoms with Crippen LogP contribution in [0.5, 0.6) is 0 Å². The first-order valence-corrected chi connectivity index (χ1v) is 9.45. The van der Waals surface area contributed by atoms with Gasteiger partial charge in [0, 0.05) is 0 Å². The third-order valence-electron chi connectivity index (χ3n) is 5.98. The van der Waals surface area contributed by atoms with Crippen LogP contribution in [0.15, 0.2) is 54.6 Å². The summed E-state index contributed by atoms with van der Waals surface area (Å²) in [5.41, 5.74) is 0.368. The fraction of sp³-hybridized carbons (Fsp3) is 0.318. The first-order valence-electron chi connectivity index (χ1n) is 9.45. The predicted octanol–water partition coefficient (Wildman–Crippen LogP) is 2.49. The van der Waals surface area contributed by atoms with E-state index in [9.17, 15) is 24.6 Å². The van der Waals surface area contributed by atoms with E-state index in [2.05, 4.69) is 0 Å². The number of hydrogen-bond acceptors (Lipinski definition) is 4. The summed E-state index contributed by atoms with van der Waals surface area (Å²) in [6.45, 7) is 1.39. The lowest BCUT2D eigenvalue weighted by Gasteiger charge is -2.46. The molecule has 0 spiro atoms. The Balaban J connectivity index is 2.08. The summed E-state index contributed by atoms with van der Waals surface area (Å²) in [6.07, 6.45) is 0.541. The minimum Gasteiger partial charge on any atom is -0.481 e. The Morgan fingerprint density at radius 1 is 1.07 bits per heavy atom. The molecule has 4 N–H and O–H groups in total. The van der Waals surface area contributed by atoms with Gasteiger partial charge in [0.15, 0.2) is 0 Å². The number of hydrogen-bond donors (Lipinski definition) is 3. The van der Waals surface area contributed by atoms with Gasteiger partial charge in [0.05, 0.1) is 22.9 Å². The number of carboxylic acid groups (broad SMARTS) is 2. The number of aliphatic carboxylic acids is 2. The van der Waals surface area contributed by atoms with Crippen LogP contribution in [0.1, 0.15) is 24.5 Å². The maximum Gasteiger partial charge on any atom is 0.307 e. The number of anilines is 1. The number of nitrogens with zero attached hydrogens (tertiary/aromatic N) is 1. The first kappa shape index (κ1) is 20.5. The average molecular weight is 396 g/mol. The highest BCUT2D eigenvalue weighted by molar-refractivity contribution is 6.04. The van der Waals surface area contributed by atoms with Crippen LogP contribution in [0.4, 0.5) is 5.69 Å². The second kappa shape index (κ2) is 8.05. The summed E-state index contributed by atoms with van der Waals surface area (Å²) in [7, 11) is 0. The number of aryl methyl sites for hydroxylation is 1. The van der Waals surface area contributed by atoms with Gasteiger partial charge in [-0.1, -0.05) is 55.5 Å². The lowest BCUT2D eigenvalue weighted by Crippen LogP contribution is -2.61. The van der Waals surface area contributed by atoms with Gasteiger partial charge in [0.1, 0.15) is 0 Å². The summed E-state index contributed by atoms with van der Waals surface area (Å²) in [5, 5.41) is 20.7. The third kappa shape index (κ3) is 3.61. The topological polar surface area (TPSA) is 121 Å². The van der Waals surface area contributed by atoms with Gasteiger partial charge in [-0.3, -0.25) is 14.4 Å². The van der Waals surface area contributed by atoms with Crippen LogP contribution in [0, 0.1) is 17.3 Å². The minimum absolute atomic E-state index is 0.00886. The molecule has 2 aromatic carbocycles. The molecule has 0 saturated carbocycles. The molecule has 1 aliphatic heterocycles. The molecule has 2 aromatic rings. The normalized spacial score (nSPS) is 20.6. The average Bonchev–Trinajstić information content (AvgIpc) is 2.71. The van der Waals surface area contributed by atoms with Crippen LogP contribution in [-0.2, 0) is 27.2 Å². The fourth-order valence-electron chi connectivity index (χ4n) is 4.31.